The van der Waals surface area contributed by atoms with Gasteiger partial charge < -0.3 is 10.2 Å². The Morgan fingerprint density at radius 3 is 2.21 bits per heavy atom. The summed E-state index contributed by atoms with van der Waals surface area (Å²) < 4.78 is 23.6. The Balaban J connectivity index is 1.36. The topological polar surface area (TPSA) is 69.7 Å². The van der Waals surface area contributed by atoms with Crippen LogP contribution in [0.15, 0.2) is 83.8 Å². The maximum Gasteiger partial charge on any atom is 0.251 e. The molecule has 4 rings (SSSR count). The van der Waals surface area contributed by atoms with Crippen molar-refractivity contribution in [3.63, 3.8) is 0 Å². The first-order chi connectivity index (χ1) is 15.9. The van der Waals surface area contributed by atoms with E-state index in [1.807, 2.05) is 24.3 Å². The Morgan fingerprint density at radius 1 is 0.848 bits per heavy atom. The van der Waals surface area contributed by atoms with E-state index in [0.29, 0.717) is 12.1 Å². The first-order valence-corrected chi connectivity index (χ1v) is 13.0. The van der Waals surface area contributed by atoms with Crippen molar-refractivity contribution >= 4 is 21.4 Å². The number of hydrogen-bond acceptors (Lipinski definition) is 5. The zero-order valence-electron chi connectivity index (χ0n) is 18.8. The van der Waals surface area contributed by atoms with Gasteiger partial charge in [0.1, 0.15) is 0 Å². The van der Waals surface area contributed by atoms with E-state index in [4.69, 9.17) is 0 Å². The van der Waals surface area contributed by atoms with Gasteiger partial charge in [0, 0.05) is 56.8 Å². The van der Waals surface area contributed by atoms with Crippen molar-refractivity contribution in [1.82, 2.24) is 10.2 Å². The lowest BCUT2D eigenvalue weighted by molar-refractivity contribution is 0.0950. The van der Waals surface area contributed by atoms with E-state index in [9.17, 15) is 13.2 Å². The van der Waals surface area contributed by atoms with Crippen LogP contribution >= 0.6 is 0 Å². The number of benzene rings is 3. The van der Waals surface area contributed by atoms with E-state index in [1.54, 1.807) is 12.1 Å². The summed E-state index contributed by atoms with van der Waals surface area (Å²) in [6.07, 6.45) is 1.14. The van der Waals surface area contributed by atoms with Crippen LogP contribution in [0.2, 0.25) is 0 Å². The molecule has 1 aliphatic heterocycles. The number of rotatable bonds is 7. The molecule has 33 heavy (non-hydrogen) atoms. The van der Waals surface area contributed by atoms with Gasteiger partial charge in [-0.05, 0) is 41.5 Å². The Morgan fingerprint density at radius 2 is 1.52 bits per heavy atom. The lowest BCUT2D eigenvalue weighted by atomic mass is 10.1. The summed E-state index contributed by atoms with van der Waals surface area (Å²) in [5.74, 6) is -0.285. The van der Waals surface area contributed by atoms with Crippen LogP contribution in [0, 0.1) is 0 Å². The predicted molar refractivity (Wildman–Crippen MR) is 131 cm³/mol. The molecule has 1 heterocycles. The monoisotopic (exact) mass is 463 g/mol. The first-order valence-electron chi connectivity index (χ1n) is 11.1. The Hall–Kier alpha value is -3.16. The largest absolute Gasteiger partial charge is 0.369 e. The second kappa shape index (κ2) is 10.2. The number of carbonyl (C=O) groups excluding carboxylic acids is 1. The molecule has 0 aliphatic carbocycles. The highest BCUT2D eigenvalue weighted by Gasteiger charge is 2.18. The van der Waals surface area contributed by atoms with Crippen molar-refractivity contribution in [2.75, 3.05) is 37.3 Å². The number of para-hydroxylation sites is 1. The van der Waals surface area contributed by atoms with Gasteiger partial charge in [0.25, 0.3) is 5.91 Å². The van der Waals surface area contributed by atoms with Gasteiger partial charge in [0.15, 0.2) is 9.84 Å². The summed E-state index contributed by atoms with van der Waals surface area (Å²) in [6.45, 7) is 5.15. The standard InChI is InChI=1S/C26H29N3O3S/c1-33(31,32)25-13-7-10-21(18-25)26(30)27-19-22-8-5-6-9-23(22)20-28-14-16-29(17-15-28)24-11-3-2-4-12-24/h2-13,18H,14-17,19-20H2,1H3,(H,27,30). The third-order valence-corrected chi connectivity index (χ3v) is 7.08. The third kappa shape index (κ3) is 6.00. The van der Waals surface area contributed by atoms with Crippen molar-refractivity contribution in [1.29, 1.82) is 0 Å². The number of carbonyl (C=O) groups is 1. The van der Waals surface area contributed by atoms with Gasteiger partial charge >= 0.3 is 0 Å². The van der Waals surface area contributed by atoms with Gasteiger partial charge in [-0.25, -0.2) is 8.42 Å². The van der Waals surface area contributed by atoms with E-state index in [2.05, 4.69) is 45.4 Å². The van der Waals surface area contributed by atoms with Crippen LogP contribution in [0.25, 0.3) is 0 Å². The number of hydrogen-bond donors (Lipinski definition) is 1. The van der Waals surface area contributed by atoms with E-state index >= 15 is 0 Å². The lowest BCUT2D eigenvalue weighted by Crippen LogP contribution is -2.46. The molecule has 0 spiro atoms. The average molecular weight is 464 g/mol. The Bertz CT molecular complexity index is 1200. The van der Waals surface area contributed by atoms with Crippen molar-refractivity contribution in [3.8, 4) is 0 Å². The third-order valence-electron chi connectivity index (χ3n) is 5.97. The molecule has 0 atom stereocenters. The van der Waals surface area contributed by atoms with Gasteiger partial charge in [0.05, 0.1) is 4.90 Å². The molecule has 0 radical (unpaired) electrons. The summed E-state index contributed by atoms with van der Waals surface area (Å²) in [5.41, 5.74) is 3.86. The smallest absolute Gasteiger partial charge is 0.251 e. The van der Waals surface area contributed by atoms with Gasteiger partial charge in [-0.3, -0.25) is 9.69 Å². The minimum atomic E-state index is -3.36. The zero-order valence-corrected chi connectivity index (χ0v) is 19.6. The molecule has 7 heteroatoms. The van der Waals surface area contributed by atoms with Crippen molar-refractivity contribution in [2.24, 2.45) is 0 Å². The number of nitrogens with zero attached hydrogens (tertiary/aromatic N) is 2. The first kappa shape index (κ1) is 23.0. The van der Waals surface area contributed by atoms with Crippen LogP contribution in [0.1, 0.15) is 21.5 Å². The number of amides is 1. The van der Waals surface area contributed by atoms with Crippen LogP contribution in [0.5, 0.6) is 0 Å². The molecule has 1 aliphatic rings. The van der Waals surface area contributed by atoms with Crippen LogP contribution in [-0.4, -0.2) is 51.7 Å². The lowest BCUT2D eigenvalue weighted by Gasteiger charge is -2.36. The molecular weight excluding hydrogens is 434 g/mol. The van der Waals surface area contributed by atoms with Gasteiger partial charge in [0.2, 0.25) is 0 Å². The summed E-state index contributed by atoms with van der Waals surface area (Å²) in [4.78, 5) is 17.6. The molecule has 3 aromatic rings. The maximum atomic E-state index is 12.6. The molecule has 0 bridgehead atoms. The molecule has 1 N–H and O–H groups in total. The van der Waals surface area contributed by atoms with Crippen molar-refractivity contribution in [3.05, 3.63) is 95.6 Å². The van der Waals surface area contributed by atoms with E-state index in [-0.39, 0.29) is 10.8 Å². The molecule has 1 amide bonds. The quantitative estimate of drug-likeness (QED) is 0.582. The number of anilines is 1. The predicted octanol–water partition coefficient (Wildman–Crippen LogP) is 3.34. The molecule has 1 fully saturated rings. The summed E-state index contributed by atoms with van der Waals surface area (Å²) in [7, 11) is -3.36. The summed E-state index contributed by atoms with van der Waals surface area (Å²) in [5, 5.41) is 2.94. The minimum absolute atomic E-state index is 0.144. The highest BCUT2D eigenvalue weighted by Crippen LogP contribution is 2.18. The van der Waals surface area contributed by atoms with Crippen molar-refractivity contribution in [2.45, 2.75) is 18.0 Å². The highest BCUT2D eigenvalue weighted by molar-refractivity contribution is 7.90. The molecule has 3 aromatic carbocycles. The molecule has 0 aromatic heterocycles. The molecule has 1 saturated heterocycles. The van der Waals surface area contributed by atoms with Gasteiger partial charge in [-0.2, -0.15) is 0 Å². The van der Waals surface area contributed by atoms with Crippen LogP contribution in [-0.2, 0) is 22.9 Å². The maximum absolute atomic E-state index is 12.6. The second-order valence-electron chi connectivity index (χ2n) is 8.35. The number of piperazine rings is 1. The molecule has 6 nitrogen and oxygen atoms in total. The fraction of sp³-hybridized carbons (Fsp3) is 0.269. The Labute approximate surface area is 195 Å². The van der Waals surface area contributed by atoms with Crippen LogP contribution in [0.3, 0.4) is 0 Å². The summed E-state index contributed by atoms with van der Waals surface area (Å²) in [6, 6.07) is 24.8. The fourth-order valence-electron chi connectivity index (χ4n) is 4.07. The van der Waals surface area contributed by atoms with Crippen LogP contribution in [0.4, 0.5) is 5.69 Å². The van der Waals surface area contributed by atoms with E-state index in [0.717, 1.165) is 44.5 Å². The molecule has 172 valence electrons. The van der Waals surface area contributed by atoms with Crippen LogP contribution < -0.4 is 10.2 Å². The molecular formula is C26H29N3O3S. The van der Waals surface area contributed by atoms with Gasteiger partial charge in [-0.15, -0.1) is 0 Å². The highest BCUT2D eigenvalue weighted by atomic mass is 32.2. The van der Waals surface area contributed by atoms with Crippen molar-refractivity contribution < 1.29 is 13.2 Å². The number of nitrogens with one attached hydrogen (secondary N) is 1. The summed E-state index contributed by atoms with van der Waals surface area (Å²) >= 11 is 0. The minimum Gasteiger partial charge on any atom is -0.369 e. The molecule has 0 saturated carbocycles. The van der Waals surface area contributed by atoms with E-state index in [1.165, 1.54) is 23.4 Å². The fourth-order valence-corrected chi connectivity index (χ4v) is 4.74. The zero-order chi connectivity index (χ0) is 23.3. The van der Waals surface area contributed by atoms with E-state index < -0.39 is 9.84 Å². The molecule has 0 unspecified atom stereocenters. The SMILES string of the molecule is CS(=O)(=O)c1cccc(C(=O)NCc2ccccc2CN2CCN(c3ccccc3)CC2)c1. The normalized spacial score (nSPS) is 14.8. The second-order valence-corrected chi connectivity index (χ2v) is 10.4. The number of sulfone groups is 1. The Kier molecular flexibility index (Phi) is 7.11. The van der Waals surface area contributed by atoms with Gasteiger partial charge in [-0.1, -0.05) is 48.5 Å². The average Bonchev–Trinajstić information content (AvgIpc) is 2.84.